The molecule has 1 aromatic heterocycles. The van der Waals surface area contributed by atoms with Gasteiger partial charge in [0.2, 0.25) is 0 Å². The molecule has 0 saturated heterocycles. The highest BCUT2D eigenvalue weighted by Gasteiger charge is 2.12. The van der Waals surface area contributed by atoms with Gasteiger partial charge < -0.3 is 5.73 Å². The van der Waals surface area contributed by atoms with Gasteiger partial charge in [-0.1, -0.05) is 12.1 Å². The second kappa shape index (κ2) is 5.29. The number of nitrogens with two attached hydrogens (primary N) is 1. The highest BCUT2D eigenvalue weighted by molar-refractivity contribution is 9.10. The van der Waals surface area contributed by atoms with Crippen molar-refractivity contribution in [2.45, 2.75) is 19.4 Å². The summed E-state index contributed by atoms with van der Waals surface area (Å²) in [5.41, 5.74) is 7.06. The molecule has 1 nitrogen and oxygen atoms in total. The van der Waals surface area contributed by atoms with Crippen molar-refractivity contribution in [2.24, 2.45) is 5.73 Å². The van der Waals surface area contributed by atoms with Crippen molar-refractivity contribution >= 4 is 27.3 Å². The van der Waals surface area contributed by atoms with Crippen LogP contribution in [0.25, 0.3) is 0 Å². The molecule has 0 saturated carbocycles. The number of aryl methyl sites for hydroxylation is 1. The minimum Gasteiger partial charge on any atom is -0.323 e. The monoisotopic (exact) mass is 313 g/mol. The van der Waals surface area contributed by atoms with Crippen molar-refractivity contribution in [3.8, 4) is 0 Å². The average Bonchev–Trinajstić information content (AvgIpc) is 2.59. The van der Waals surface area contributed by atoms with Gasteiger partial charge in [0.1, 0.15) is 5.82 Å². The van der Waals surface area contributed by atoms with E-state index in [-0.39, 0.29) is 11.9 Å². The zero-order valence-electron chi connectivity index (χ0n) is 9.41. The summed E-state index contributed by atoms with van der Waals surface area (Å²) in [6.45, 7) is 2.05. The molecule has 2 N–H and O–H groups in total. The minimum atomic E-state index is -0.210. The Morgan fingerprint density at radius 1 is 1.41 bits per heavy atom. The topological polar surface area (TPSA) is 26.0 Å². The van der Waals surface area contributed by atoms with Gasteiger partial charge in [-0.15, -0.1) is 11.3 Å². The van der Waals surface area contributed by atoms with Crippen molar-refractivity contribution in [1.82, 2.24) is 0 Å². The van der Waals surface area contributed by atoms with Crippen molar-refractivity contribution in [1.29, 1.82) is 0 Å². The van der Waals surface area contributed by atoms with Gasteiger partial charge in [-0.2, -0.15) is 0 Å². The van der Waals surface area contributed by atoms with Crippen LogP contribution >= 0.6 is 27.3 Å². The summed E-state index contributed by atoms with van der Waals surface area (Å²) in [7, 11) is 0. The summed E-state index contributed by atoms with van der Waals surface area (Å²) >= 11 is 5.16. The Labute approximate surface area is 113 Å². The lowest BCUT2D eigenvalue weighted by Crippen LogP contribution is -2.11. The molecule has 0 bridgehead atoms. The highest BCUT2D eigenvalue weighted by atomic mass is 79.9. The number of rotatable bonds is 3. The first-order valence-corrected chi connectivity index (χ1v) is 6.93. The van der Waals surface area contributed by atoms with Gasteiger partial charge in [0.05, 0.1) is 0 Å². The van der Waals surface area contributed by atoms with Crippen LogP contribution in [0.5, 0.6) is 0 Å². The first-order chi connectivity index (χ1) is 8.06. The SMILES string of the molecule is Cc1sc(C(N)Cc2cccc(F)c2)cc1Br. The fraction of sp³-hybridized carbons (Fsp3) is 0.231. The van der Waals surface area contributed by atoms with E-state index in [1.807, 2.05) is 19.1 Å². The Bertz CT molecular complexity index is 504. The number of benzene rings is 1. The van der Waals surface area contributed by atoms with Crippen LogP contribution in [0.4, 0.5) is 4.39 Å². The summed E-state index contributed by atoms with van der Waals surface area (Å²) in [6.07, 6.45) is 0.657. The second-order valence-corrected chi connectivity index (χ2v) is 6.14. The van der Waals surface area contributed by atoms with Gasteiger partial charge in [-0.05, 0) is 53.0 Å². The molecule has 2 rings (SSSR count). The van der Waals surface area contributed by atoms with E-state index in [2.05, 4.69) is 15.9 Å². The fourth-order valence-electron chi connectivity index (χ4n) is 1.68. The maximum atomic E-state index is 13.0. The van der Waals surface area contributed by atoms with E-state index in [9.17, 15) is 4.39 Å². The highest BCUT2D eigenvalue weighted by Crippen LogP contribution is 2.31. The first kappa shape index (κ1) is 12.7. The van der Waals surface area contributed by atoms with Crippen LogP contribution in [0.2, 0.25) is 0 Å². The lowest BCUT2D eigenvalue weighted by atomic mass is 10.1. The summed E-state index contributed by atoms with van der Waals surface area (Å²) < 4.78 is 14.1. The number of hydrogen-bond acceptors (Lipinski definition) is 2. The summed E-state index contributed by atoms with van der Waals surface area (Å²) in [6, 6.07) is 8.57. The Morgan fingerprint density at radius 2 is 2.18 bits per heavy atom. The van der Waals surface area contributed by atoms with Crippen LogP contribution < -0.4 is 5.73 Å². The molecule has 0 fully saturated rings. The van der Waals surface area contributed by atoms with Gasteiger partial charge in [0.25, 0.3) is 0 Å². The Hall–Kier alpha value is -0.710. The van der Waals surface area contributed by atoms with E-state index in [0.717, 1.165) is 14.9 Å². The maximum Gasteiger partial charge on any atom is 0.123 e. The summed E-state index contributed by atoms with van der Waals surface area (Å²) in [4.78, 5) is 2.34. The summed E-state index contributed by atoms with van der Waals surface area (Å²) in [5, 5.41) is 0. The van der Waals surface area contributed by atoms with Gasteiger partial charge in [0, 0.05) is 20.3 Å². The second-order valence-electron chi connectivity index (χ2n) is 3.99. The molecule has 2 aromatic rings. The normalized spacial score (nSPS) is 12.7. The van der Waals surface area contributed by atoms with E-state index >= 15 is 0 Å². The Kier molecular flexibility index (Phi) is 3.97. The molecule has 0 aliphatic carbocycles. The van der Waals surface area contributed by atoms with Crippen LogP contribution in [0.15, 0.2) is 34.8 Å². The number of thiophene rings is 1. The third-order valence-corrected chi connectivity index (χ3v) is 4.85. The number of halogens is 2. The van der Waals surface area contributed by atoms with Gasteiger partial charge >= 0.3 is 0 Å². The third kappa shape index (κ3) is 3.15. The van der Waals surface area contributed by atoms with Crippen LogP contribution in [-0.4, -0.2) is 0 Å². The quantitative estimate of drug-likeness (QED) is 0.903. The predicted octanol–water partition coefficient (Wildman–Crippen LogP) is 4.20. The van der Waals surface area contributed by atoms with Gasteiger partial charge in [0.15, 0.2) is 0 Å². The van der Waals surface area contributed by atoms with Crippen LogP contribution in [0.3, 0.4) is 0 Å². The van der Waals surface area contributed by atoms with E-state index in [1.165, 1.54) is 17.0 Å². The molecule has 1 heterocycles. The van der Waals surface area contributed by atoms with E-state index in [1.54, 1.807) is 17.4 Å². The lowest BCUT2D eigenvalue weighted by Gasteiger charge is -2.09. The molecule has 4 heteroatoms. The van der Waals surface area contributed by atoms with E-state index in [0.29, 0.717) is 6.42 Å². The molecule has 1 aromatic carbocycles. The fourth-order valence-corrected chi connectivity index (χ4v) is 3.25. The zero-order valence-corrected chi connectivity index (χ0v) is 11.8. The maximum absolute atomic E-state index is 13.0. The minimum absolute atomic E-state index is 0.0770. The lowest BCUT2D eigenvalue weighted by molar-refractivity contribution is 0.622. The van der Waals surface area contributed by atoms with Crippen molar-refractivity contribution in [3.63, 3.8) is 0 Å². The standard InChI is InChI=1S/C13H13BrFNS/c1-8-11(14)7-13(17-8)12(16)6-9-3-2-4-10(15)5-9/h2-5,7,12H,6,16H2,1H3. The molecule has 0 spiro atoms. The largest absolute Gasteiger partial charge is 0.323 e. The molecule has 17 heavy (non-hydrogen) atoms. The van der Waals surface area contributed by atoms with Crippen molar-refractivity contribution in [2.75, 3.05) is 0 Å². The molecular weight excluding hydrogens is 301 g/mol. The van der Waals surface area contributed by atoms with Crippen molar-refractivity contribution < 1.29 is 4.39 Å². The van der Waals surface area contributed by atoms with E-state index < -0.39 is 0 Å². The smallest absolute Gasteiger partial charge is 0.123 e. The first-order valence-electron chi connectivity index (χ1n) is 5.32. The molecule has 0 aliphatic heterocycles. The number of hydrogen-bond donors (Lipinski definition) is 1. The van der Waals surface area contributed by atoms with E-state index in [4.69, 9.17) is 5.73 Å². The molecule has 0 aliphatic rings. The zero-order chi connectivity index (χ0) is 12.4. The third-order valence-electron chi connectivity index (χ3n) is 2.59. The Morgan fingerprint density at radius 3 is 2.76 bits per heavy atom. The molecular formula is C13H13BrFNS. The molecule has 90 valence electrons. The Balaban J connectivity index is 2.14. The average molecular weight is 314 g/mol. The van der Waals surface area contributed by atoms with Crippen LogP contribution in [-0.2, 0) is 6.42 Å². The molecule has 0 amide bonds. The summed E-state index contributed by atoms with van der Waals surface area (Å²) in [5.74, 6) is -0.210. The molecule has 0 radical (unpaired) electrons. The van der Waals surface area contributed by atoms with Gasteiger partial charge in [-0.3, -0.25) is 0 Å². The van der Waals surface area contributed by atoms with Crippen LogP contribution in [0, 0.1) is 12.7 Å². The molecule has 1 atom stereocenters. The predicted molar refractivity (Wildman–Crippen MR) is 73.8 cm³/mol. The van der Waals surface area contributed by atoms with Crippen molar-refractivity contribution in [3.05, 3.63) is 55.9 Å². The molecule has 1 unspecified atom stereocenters. The van der Waals surface area contributed by atoms with Gasteiger partial charge in [-0.25, -0.2) is 4.39 Å². The van der Waals surface area contributed by atoms with Crippen LogP contribution in [0.1, 0.15) is 21.4 Å².